The van der Waals surface area contributed by atoms with Gasteiger partial charge in [-0.1, -0.05) is 37.1 Å². The average Bonchev–Trinajstić information content (AvgIpc) is 2.84. The van der Waals surface area contributed by atoms with Gasteiger partial charge in [0.2, 0.25) is 0 Å². The summed E-state index contributed by atoms with van der Waals surface area (Å²) >= 11 is 0. The molecule has 0 radical (unpaired) electrons. The molecule has 2 aromatic rings. The number of benzene rings is 2. The van der Waals surface area contributed by atoms with Gasteiger partial charge in [-0.05, 0) is 69.6 Å². The zero-order valence-electron chi connectivity index (χ0n) is 18.2. The highest BCUT2D eigenvalue weighted by Gasteiger charge is 2.28. The van der Waals surface area contributed by atoms with Crippen molar-refractivity contribution < 1.29 is 19.1 Å². The van der Waals surface area contributed by atoms with Gasteiger partial charge in [0.25, 0.3) is 0 Å². The fourth-order valence-corrected chi connectivity index (χ4v) is 4.13. The van der Waals surface area contributed by atoms with Gasteiger partial charge in [-0.2, -0.15) is 0 Å². The van der Waals surface area contributed by atoms with Gasteiger partial charge in [0.1, 0.15) is 12.0 Å². The second kappa shape index (κ2) is 11.6. The number of rotatable bonds is 11. The summed E-state index contributed by atoms with van der Waals surface area (Å²) in [6, 6.07) is 13.4. The summed E-state index contributed by atoms with van der Waals surface area (Å²) in [6.45, 7) is 3.32. The van der Waals surface area contributed by atoms with Crippen molar-refractivity contribution in [3.63, 3.8) is 0 Å². The minimum Gasteiger partial charge on any atom is -0.497 e. The molecule has 0 amide bonds. The van der Waals surface area contributed by atoms with Crippen molar-refractivity contribution in [3.05, 3.63) is 65.2 Å². The van der Waals surface area contributed by atoms with Crippen molar-refractivity contribution in [2.24, 2.45) is 5.92 Å². The molecule has 31 heavy (non-hydrogen) atoms. The summed E-state index contributed by atoms with van der Waals surface area (Å²) in [4.78, 5) is 39.9. The minimum absolute atomic E-state index is 0.162. The van der Waals surface area contributed by atoms with Crippen molar-refractivity contribution in [3.8, 4) is 5.75 Å². The predicted octanol–water partition coefficient (Wildman–Crippen LogP) is 4.85. The standard InChI is InChI=1S/C26H31NO4/c1-31-23-14-12-22(13-15-23)26(30)24(7-3-6-18-27-16-4-2-5-17-27)25(29)21-10-8-20(19-28)9-11-21/h8-15,19,24H,2-7,16-18H2,1H3. The SMILES string of the molecule is COc1ccc(C(=O)C(CCCCN2CCCCC2)C(=O)c2ccc(C=O)cc2)cc1. The first-order chi connectivity index (χ1) is 15.1. The normalized spacial score (nSPS) is 15.3. The maximum absolute atomic E-state index is 13.2. The highest BCUT2D eigenvalue weighted by atomic mass is 16.5. The van der Waals surface area contributed by atoms with Gasteiger partial charge in [-0.3, -0.25) is 14.4 Å². The Morgan fingerprint density at radius 1 is 0.903 bits per heavy atom. The maximum atomic E-state index is 13.2. The first kappa shape index (κ1) is 22.9. The Kier molecular flexibility index (Phi) is 8.53. The second-order valence-corrected chi connectivity index (χ2v) is 8.15. The molecule has 2 aromatic carbocycles. The van der Waals surface area contributed by atoms with E-state index >= 15 is 0 Å². The quantitative estimate of drug-likeness (QED) is 0.225. The van der Waals surface area contributed by atoms with Crippen LogP contribution < -0.4 is 4.74 Å². The Morgan fingerprint density at radius 3 is 2.03 bits per heavy atom. The third kappa shape index (κ3) is 6.34. The largest absolute Gasteiger partial charge is 0.497 e. The number of carbonyl (C=O) groups excluding carboxylic acids is 3. The molecule has 5 heteroatoms. The van der Waals surface area contributed by atoms with Crippen LogP contribution in [-0.4, -0.2) is 49.5 Å². The van der Waals surface area contributed by atoms with Crippen LogP contribution in [0.4, 0.5) is 0 Å². The Balaban J connectivity index is 1.70. The van der Waals surface area contributed by atoms with Gasteiger partial charge in [0, 0.05) is 16.7 Å². The van der Waals surface area contributed by atoms with Crippen LogP contribution in [0.15, 0.2) is 48.5 Å². The fourth-order valence-electron chi connectivity index (χ4n) is 4.13. The van der Waals surface area contributed by atoms with E-state index in [1.807, 2.05) is 0 Å². The molecule has 1 atom stereocenters. The number of methoxy groups -OCH3 is 1. The summed E-state index contributed by atoms with van der Waals surface area (Å²) in [5.74, 6) is -0.399. The molecule has 3 rings (SSSR count). The predicted molar refractivity (Wildman–Crippen MR) is 121 cm³/mol. The molecule has 0 aromatic heterocycles. The highest BCUT2D eigenvalue weighted by molar-refractivity contribution is 6.16. The van der Waals surface area contributed by atoms with E-state index in [9.17, 15) is 14.4 Å². The number of ether oxygens (including phenoxy) is 1. The van der Waals surface area contributed by atoms with Crippen LogP contribution in [0.3, 0.4) is 0 Å². The number of ketones is 2. The Morgan fingerprint density at radius 2 is 1.48 bits per heavy atom. The molecule has 0 bridgehead atoms. The molecule has 1 aliphatic heterocycles. The van der Waals surface area contributed by atoms with E-state index in [-0.39, 0.29) is 11.6 Å². The summed E-state index contributed by atoms with van der Waals surface area (Å²) in [7, 11) is 1.58. The molecule has 1 fully saturated rings. The van der Waals surface area contributed by atoms with Crippen molar-refractivity contribution in [2.75, 3.05) is 26.7 Å². The van der Waals surface area contributed by atoms with Gasteiger partial charge < -0.3 is 9.64 Å². The summed E-state index contributed by atoms with van der Waals surface area (Å²) in [5, 5.41) is 0. The molecule has 164 valence electrons. The molecule has 5 nitrogen and oxygen atoms in total. The van der Waals surface area contributed by atoms with Crippen molar-refractivity contribution >= 4 is 17.9 Å². The van der Waals surface area contributed by atoms with E-state index in [1.165, 1.54) is 19.3 Å². The van der Waals surface area contributed by atoms with Gasteiger partial charge in [0.15, 0.2) is 11.6 Å². The monoisotopic (exact) mass is 421 g/mol. The lowest BCUT2D eigenvalue weighted by molar-refractivity contribution is 0.0795. The van der Waals surface area contributed by atoms with E-state index in [4.69, 9.17) is 4.74 Å². The lowest BCUT2D eigenvalue weighted by Gasteiger charge is -2.26. The van der Waals surface area contributed by atoms with Crippen LogP contribution >= 0.6 is 0 Å². The first-order valence-corrected chi connectivity index (χ1v) is 11.1. The van der Waals surface area contributed by atoms with E-state index in [2.05, 4.69) is 4.90 Å². The number of unbranched alkanes of at least 4 members (excludes halogenated alkanes) is 1. The van der Waals surface area contributed by atoms with Gasteiger partial charge >= 0.3 is 0 Å². The van der Waals surface area contributed by atoms with Crippen LogP contribution in [0, 0.1) is 5.92 Å². The molecule has 1 heterocycles. The summed E-state index contributed by atoms with van der Waals surface area (Å²) in [6.07, 6.45) is 6.89. The van der Waals surface area contributed by atoms with Gasteiger partial charge in [-0.25, -0.2) is 0 Å². The van der Waals surface area contributed by atoms with E-state index in [0.717, 1.165) is 38.8 Å². The van der Waals surface area contributed by atoms with Gasteiger partial charge in [-0.15, -0.1) is 0 Å². The molecule has 0 saturated carbocycles. The molecule has 1 aliphatic rings. The molecule has 1 saturated heterocycles. The number of likely N-dealkylation sites (tertiary alicyclic amines) is 1. The maximum Gasteiger partial charge on any atom is 0.173 e. The number of carbonyl (C=O) groups is 3. The average molecular weight is 422 g/mol. The number of hydrogen-bond donors (Lipinski definition) is 0. The Labute approximate surface area is 184 Å². The molecular weight excluding hydrogens is 390 g/mol. The van der Waals surface area contributed by atoms with E-state index < -0.39 is 5.92 Å². The lowest BCUT2D eigenvalue weighted by Crippen LogP contribution is -2.31. The Hall–Kier alpha value is -2.79. The number of Topliss-reactive ketones (excluding diaryl/α,β-unsaturated/α-hetero) is 2. The Bertz CT molecular complexity index is 867. The van der Waals surface area contributed by atoms with Crippen LogP contribution in [0.5, 0.6) is 5.75 Å². The molecule has 0 N–H and O–H groups in total. The number of nitrogens with zero attached hydrogens (tertiary/aromatic N) is 1. The van der Waals surface area contributed by atoms with Gasteiger partial charge in [0.05, 0.1) is 13.0 Å². The highest BCUT2D eigenvalue weighted by Crippen LogP contribution is 2.23. The topological polar surface area (TPSA) is 63.7 Å². The number of aldehydes is 1. The van der Waals surface area contributed by atoms with Crippen LogP contribution in [0.25, 0.3) is 0 Å². The fraction of sp³-hybridized carbons (Fsp3) is 0.423. The smallest absolute Gasteiger partial charge is 0.173 e. The summed E-state index contributed by atoms with van der Waals surface area (Å²) in [5.41, 5.74) is 1.49. The van der Waals surface area contributed by atoms with Crippen molar-refractivity contribution in [2.45, 2.75) is 38.5 Å². The molecule has 0 aliphatic carbocycles. The van der Waals surface area contributed by atoms with E-state index in [0.29, 0.717) is 28.9 Å². The number of hydrogen-bond acceptors (Lipinski definition) is 5. The lowest BCUT2D eigenvalue weighted by atomic mass is 9.86. The third-order valence-electron chi connectivity index (χ3n) is 6.00. The van der Waals surface area contributed by atoms with Crippen LogP contribution in [0.2, 0.25) is 0 Å². The zero-order valence-corrected chi connectivity index (χ0v) is 18.2. The first-order valence-electron chi connectivity index (χ1n) is 11.1. The zero-order chi connectivity index (χ0) is 22.1. The molecule has 0 spiro atoms. The minimum atomic E-state index is -0.725. The van der Waals surface area contributed by atoms with Crippen LogP contribution in [0.1, 0.15) is 69.6 Å². The van der Waals surface area contributed by atoms with E-state index in [1.54, 1.807) is 55.6 Å². The van der Waals surface area contributed by atoms with Crippen molar-refractivity contribution in [1.82, 2.24) is 4.90 Å². The third-order valence-corrected chi connectivity index (χ3v) is 6.00. The van der Waals surface area contributed by atoms with Crippen molar-refractivity contribution in [1.29, 1.82) is 0 Å². The van der Waals surface area contributed by atoms with Crippen LogP contribution in [-0.2, 0) is 0 Å². The number of piperidine rings is 1. The second-order valence-electron chi connectivity index (χ2n) is 8.15. The molecule has 1 unspecified atom stereocenters. The summed E-state index contributed by atoms with van der Waals surface area (Å²) < 4.78 is 5.17. The molecular formula is C26H31NO4.